The van der Waals surface area contributed by atoms with Crippen LogP contribution in [-0.4, -0.2) is 40.2 Å². The monoisotopic (exact) mass is 382 g/mol. The smallest absolute Gasteiger partial charge is 0.251 e. The Bertz CT molecular complexity index is 1010. The summed E-state index contributed by atoms with van der Waals surface area (Å²) in [6.45, 7) is 0.429. The molecule has 0 bridgehead atoms. The van der Waals surface area contributed by atoms with E-state index in [4.69, 9.17) is 11.6 Å². The molecule has 0 radical (unpaired) electrons. The fourth-order valence-corrected chi connectivity index (χ4v) is 2.91. The summed E-state index contributed by atoms with van der Waals surface area (Å²) < 4.78 is 1.82. The number of pyridine rings is 1. The Morgan fingerprint density at radius 3 is 2.67 bits per heavy atom. The zero-order chi connectivity index (χ0) is 19.4. The van der Waals surface area contributed by atoms with Crippen LogP contribution in [0.2, 0.25) is 5.15 Å². The predicted molar refractivity (Wildman–Crippen MR) is 106 cm³/mol. The molecule has 0 aliphatic carbocycles. The Balaban J connectivity index is 1.69. The second-order valence-corrected chi connectivity index (χ2v) is 6.38. The summed E-state index contributed by atoms with van der Waals surface area (Å²) in [6.07, 6.45) is 4.98. The van der Waals surface area contributed by atoms with Crippen molar-refractivity contribution in [3.05, 3.63) is 76.7 Å². The zero-order valence-corrected chi connectivity index (χ0v) is 15.8. The van der Waals surface area contributed by atoms with E-state index < -0.39 is 0 Å². The molecule has 0 aliphatic rings. The van der Waals surface area contributed by atoms with Gasteiger partial charge in [0.15, 0.2) is 5.15 Å². The number of carbonyl (C=O) groups is 2. The average molecular weight is 383 g/mol. The molecule has 1 aromatic carbocycles. The average Bonchev–Trinajstić information content (AvgIpc) is 3.01. The lowest BCUT2D eigenvalue weighted by Crippen LogP contribution is -2.24. The van der Waals surface area contributed by atoms with E-state index in [0.29, 0.717) is 23.0 Å². The van der Waals surface area contributed by atoms with Crippen LogP contribution in [0.15, 0.2) is 54.7 Å². The van der Waals surface area contributed by atoms with Gasteiger partial charge in [-0.05, 0) is 35.9 Å². The molecule has 27 heavy (non-hydrogen) atoms. The third kappa shape index (κ3) is 4.17. The minimum Gasteiger partial charge on any atom is -0.355 e. The number of carbonyl (C=O) groups excluding carboxylic acids is 2. The highest BCUT2D eigenvalue weighted by molar-refractivity contribution is 6.31. The Kier molecular flexibility index (Phi) is 5.57. The molecule has 0 atom stereocenters. The van der Waals surface area contributed by atoms with Crippen LogP contribution in [0.4, 0.5) is 0 Å². The van der Waals surface area contributed by atoms with Gasteiger partial charge in [-0.25, -0.2) is 4.98 Å². The fourth-order valence-electron chi connectivity index (χ4n) is 2.67. The maximum absolute atomic E-state index is 12.4. The molecule has 1 N–H and O–H groups in total. The lowest BCUT2D eigenvalue weighted by molar-refractivity contribution is -0.125. The SMILES string of the molecule is CNC(=O)c1ccc(CN(C)C(=O)/C=C/c2c(Cl)nc3ccccn23)cc1. The van der Waals surface area contributed by atoms with Crippen LogP contribution < -0.4 is 5.32 Å². The van der Waals surface area contributed by atoms with Crippen LogP contribution in [0.1, 0.15) is 21.6 Å². The summed E-state index contributed by atoms with van der Waals surface area (Å²) in [7, 11) is 3.31. The molecule has 138 valence electrons. The van der Waals surface area contributed by atoms with Crippen molar-refractivity contribution in [3.63, 3.8) is 0 Å². The molecule has 0 spiro atoms. The van der Waals surface area contributed by atoms with Gasteiger partial charge in [-0.15, -0.1) is 0 Å². The molecule has 7 heteroatoms. The third-order valence-corrected chi connectivity index (χ3v) is 4.42. The number of halogens is 1. The number of rotatable bonds is 5. The highest BCUT2D eigenvalue weighted by Gasteiger charge is 2.10. The first-order valence-electron chi connectivity index (χ1n) is 8.36. The van der Waals surface area contributed by atoms with E-state index in [9.17, 15) is 9.59 Å². The standard InChI is InChI=1S/C20H19ClN4O2/c1-22-20(27)15-8-6-14(7-9-15)13-24(2)18(26)11-10-16-19(21)23-17-5-3-4-12-25(16)17/h3-12H,13H2,1-2H3,(H,22,27)/b11-10+. The van der Waals surface area contributed by atoms with Gasteiger partial charge in [0.2, 0.25) is 5.91 Å². The summed E-state index contributed by atoms with van der Waals surface area (Å²) in [5.74, 6) is -0.300. The Labute approximate surface area is 162 Å². The summed E-state index contributed by atoms with van der Waals surface area (Å²) in [4.78, 5) is 29.8. The molecule has 0 saturated heterocycles. The van der Waals surface area contributed by atoms with Crippen molar-refractivity contribution in [1.82, 2.24) is 19.6 Å². The maximum atomic E-state index is 12.4. The number of amides is 2. The van der Waals surface area contributed by atoms with Crippen molar-refractivity contribution in [1.29, 1.82) is 0 Å². The maximum Gasteiger partial charge on any atom is 0.251 e. The van der Waals surface area contributed by atoms with Crippen LogP contribution in [0, 0.1) is 0 Å². The highest BCUT2D eigenvalue weighted by Crippen LogP contribution is 2.19. The summed E-state index contributed by atoms with van der Waals surface area (Å²) in [5, 5.41) is 2.92. The molecule has 2 heterocycles. The van der Waals surface area contributed by atoms with Gasteiger partial charge in [0.25, 0.3) is 5.91 Å². The van der Waals surface area contributed by atoms with Crippen molar-refractivity contribution >= 4 is 35.1 Å². The first kappa shape index (κ1) is 18.7. The fraction of sp³-hybridized carbons (Fsp3) is 0.150. The molecule has 3 aromatic rings. The van der Waals surface area contributed by atoms with Gasteiger partial charge < -0.3 is 10.2 Å². The predicted octanol–water partition coefficient (Wildman–Crippen LogP) is 3.02. The van der Waals surface area contributed by atoms with Crippen molar-refractivity contribution in [2.45, 2.75) is 6.54 Å². The minimum atomic E-state index is -0.160. The lowest BCUT2D eigenvalue weighted by atomic mass is 10.1. The minimum absolute atomic E-state index is 0.140. The van der Waals surface area contributed by atoms with E-state index in [1.807, 2.05) is 40.9 Å². The third-order valence-electron chi connectivity index (χ3n) is 4.14. The van der Waals surface area contributed by atoms with Gasteiger partial charge in [0.05, 0.1) is 5.69 Å². The number of nitrogens with zero attached hydrogens (tertiary/aromatic N) is 3. The Morgan fingerprint density at radius 2 is 1.96 bits per heavy atom. The zero-order valence-electron chi connectivity index (χ0n) is 15.0. The second kappa shape index (κ2) is 8.05. The second-order valence-electron chi connectivity index (χ2n) is 6.02. The molecule has 6 nitrogen and oxygen atoms in total. The molecule has 2 amide bonds. The van der Waals surface area contributed by atoms with Gasteiger partial charge in [-0.2, -0.15) is 0 Å². The summed E-state index contributed by atoms with van der Waals surface area (Å²) >= 11 is 6.17. The van der Waals surface area contributed by atoms with E-state index in [1.165, 1.54) is 6.08 Å². The number of hydrogen-bond acceptors (Lipinski definition) is 3. The van der Waals surface area contributed by atoms with Crippen LogP contribution in [0.3, 0.4) is 0 Å². The van der Waals surface area contributed by atoms with Crippen molar-refractivity contribution in [2.24, 2.45) is 0 Å². The highest BCUT2D eigenvalue weighted by atomic mass is 35.5. The van der Waals surface area contributed by atoms with Gasteiger partial charge >= 0.3 is 0 Å². The number of imidazole rings is 1. The topological polar surface area (TPSA) is 66.7 Å². The summed E-state index contributed by atoms with van der Waals surface area (Å²) in [5.41, 5.74) is 2.89. The Morgan fingerprint density at radius 1 is 1.22 bits per heavy atom. The van der Waals surface area contributed by atoms with Gasteiger partial charge in [-0.3, -0.25) is 14.0 Å². The molecule has 0 fully saturated rings. The first-order chi connectivity index (χ1) is 13.0. The van der Waals surface area contributed by atoms with E-state index >= 15 is 0 Å². The van der Waals surface area contributed by atoms with Crippen LogP contribution in [0.5, 0.6) is 0 Å². The number of nitrogens with one attached hydrogen (secondary N) is 1. The number of fused-ring (bicyclic) bond motifs is 1. The number of likely N-dealkylation sites (N-methyl/N-ethyl adjacent to an activating group) is 1. The molecule has 3 rings (SSSR count). The van der Waals surface area contributed by atoms with E-state index in [0.717, 1.165) is 11.2 Å². The van der Waals surface area contributed by atoms with Crippen molar-refractivity contribution in [2.75, 3.05) is 14.1 Å². The molecule has 0 saturated carbocycles. The first-order valence-corrected chi connectivity index (χ1v) is 8.74. The largest absolute Gasteiger partial charge is 0.355 e. The van der Waals surface area contributed by atoms with E-state index in [-0.39, 0.29) is 11.8 Å². The number of aromatic nitrogens is 2. The quantitative estimate of drug-likeness (QED) is 0.690. The molecule has 2 aromatic heterocycles. The van der Waals surface area contributed by atoms with E-state index in [2.05, 4.69) is 10.3 Å². The van der Waals surface area contributed by atoms with Crippen LogP contribution >= 0.6 is 11.6 Å². The molecular formula is C20H19ClN4O2. The Hall–Kier alpha value is -3.12. The van der Waals surface area contributed by atoms with Gasteiger partial charge in [0, 0.05) is 38.5 Å². The lowest BCUT2D eigenvalue weighted by Gasteiger charge is -2.15. The molecular weight excluding hydrogens is 364 g/mol. The normalized spacial score (nSPS) is 11.1. The van der Waals surface area contributed by atoms with Crippen molar-refractivity contribution < 1.29 is 9.59 Å². The molecule has 0 unspecified atom stereocenters. The summed E-state index contributed by atoms with van der Waals surface area (Å²) in [6, 6.07) is 12.7. The van der Waals surface area contributed by atoms with E-state index in [1.54, 1.807) is 37.2 Å². The van der Waals surface area contributed by atoms with Gasteiger partial charge in [0.1, 0.15) is 5.65 Å². The number of hydrogen-bond donors (Lipinski definition) is 1. The van der Waals surface area contributed by atoms with Crippen molar-refractivity contribution in [3.8, 4) is 0 Å². The van der Waals surface area contributed by atoms with Gasteiger partial charge in [-0.1, -0.05) is 29.8 Å². The van der Waals surface area contributed by atoms with Crippen LogP contribution in [0.25, 0.3) is 11.7 Å². The number of benzene rings is 1. The van der Waals surface area contributed by atoms with Crippen LogP contribution in [-0.2, 0) is 11.3 Å². The molecule has 0 aliphatic heterocycles.